The molecule has 0 aromatic heterocycles. The predicted octanol–water partition coefficient (Wildman–Crippen LogP) is 1.59. The Morgan fingerprint density at radius 2 is 1.79 bits per heavy atom. The van der Waals surface area contributed by atoms with Gasteiger partial charge in [0.25, 0.3) is 0 Å². The Bertz CT molecular complexity index is 295. The molecule has 0 bridgehead atoms. The zero-order valence-electron chi connectivity index (χ0n) is 8.12. The van der Waals surface area contributed by atoms with Crippen molar-refractivity contribution in [3.05, 3.63) is 11.3 Å². The minimum atomic E-state index is 0.121. The van der Waals surface area contributed by atoms with Crippen LogP contribution in [0.3, 0.4) is 0 Å². The van der Waals surface area contributed by atoms with Crippen molar-refractivity contribution in [3.8, 4) is 6.07 Å². The van der Waals surface area contributed by atoms with Gasteiger partial charge in [-0.3, -0.25) is 0 Å². The van der Waals surface area contributed by atoms with Gasteiger partial charge in [-0.1, -0.05) is 31.5 Å². The van der Waals surface area contributed by atoms with Crippen LogP contribution in [0.1, 0.15) is 32.1 Å². The van der Waals surface area contributed by atoms with E-state index in [-0.39, 0.29) is 4.99 Å². The standard InChI is InChI=1S/C10H15N3S/c11-6-8(10(13)14)9(12)7-4-2-1-3-5-7/h7H,1-5,12H2,(H2,13,14)/b9-8-. The number of rotatable bonds is 2. The highest BCUT2D eigenvalue weighted by molar-refractivity contribution is 7.80. The minimum absolute atomic E-state index is 0.121. The van der Waals surface area contributed by atoms with E-state index in [4.69, 9.17) is 28.9 Å². The van der Waals surface area contributed by atoms with Crippen molar-refractivity contribution in [1.82, 2.24) is 0 Å². The molecule has 0 atom stereocenters. The summed E-state index contributed by atoms with van der Waals surface area (Å²) in [6.45, 7) is 0. The maximum Gasteiger partial charge on any atom is 0.116 e. The molecule has 0 radical (unpaired) electrons. The average molecular weight is 209 g/mol. The average Bonchev–Trinajstić information content (AvgIpc) is 2.19. The molecular formula is C10H15N3S. The fourth-order valence-electron chi connectivity index (χ4n) is 1.88. The molecule has 1 saturated carbocycles. The number of hydrogen-bond acceptors (Lipinski definition) is 3. The zero-order valence-corrected chi connectivity index (χ0v) is 8.94. The number of nitrogens with two attached hydrogens (primary N) is 2. The Morgan fingerprint density at radius 3 is 2.21 bits per heavy atom. The van der Waals surface area contributed by atoms with Crippen LogP contribution >= 0.6 is 12.2 Å². The minimum Gasteiger partial charge on any atom is -0.401 e. The molecule has 0 aromatic carbocycles. The highest BCUT2D eigenvalue weighted by atomic mass is 32.1. The first kappa shape index (κ1) is 11.0. The van der Waals surface area contributed by atoms with Gasteiger partial charge in [-0.2, -0.15) is 5.26 Å². The number of nitriles is 1. The molecule has 14 heavy (non-hydrogen) atoms. The molecule has 0 aliphatic heterocycles. The quantitative estimate of drug-likeness (QED) is 0.411. The normalized spacial score (nSPS) is 19.6. The highest BCUT2D eigenvalue weighted by Gasteiger charge is 2.19. The summed E-state index contributed by atoms with van der Waals surface area (Å²) in [6, 6.07) is 1.99. The third kappa shape index (κ3) is 2.46. The van der Waals surface area contributed by atoms with Gasteiger partial charge >= 0.3 is 0 Å². The van der Waals surface area contributed by atoms with Crippen molar-refractivity contribution in [3.63, 3.8) is 0 Å². The SMILES string of the molecule is N#C/C(C(N)=S)=C(/N)C1CCCCC1. The molecule has 4 heteroatoms. The summed E-state index contributed by atoms with van der Waals surface area (Å²) in [7, 11) is 0. The van der Waals surface area contributed by atoms with Gasteiger partial charge in [0.1, 0.15) is 16.6 Å². The van der Waals surface area contributed by atoms with Gasteiger partial charge in [-0.15, -0.1) is 0 Å². The van der Waals surface area contributed by atoms with E-state index in [9.17, 15) is 0 Å². The smallest absolute Gasteiger partial charge is 0.116 e. The van der Waals surface area contributed by atoms with Crippen molar-refractivity contribution in [2.24, 2.45) is 17.4 Å². The molecule has 76 valence electrons. The second-order valence-corrected chi connectivity index (χ2v) is 4.08. The van der Waals surface area contributed by atoms with E-state index in [1.165, 1.54) is 19.3 Å². The van der Waals surface area contributed by atoms with E-state index in [2.05, 4.69) is 0 Å². The third-order valence-corrected chi connectivity index (χ3v) is 2.90. The Morgan fingerprint density at radius 1 is 1.21 bits per heavy atom. The molecule has 1 fully saturated rings. The van der Waals surface area contributed by atoms with Crippen LogP contribution in [0.5, 0.6) is 0 Å². The zero-order chi connectivity index (χ0) is 10.6. The maximum atomic E-state index is 8.84. The second-order valence-electron chi connectivity index (χ2n) is 3.64. The number of hydrogen-bond donors (Lipinski definition) is 2. The Kier molecular flexibility index (Phi) is 3.90. The van der Waals surface area contributed by atoms with Crippen molar-refractivity contribution in [2.45, 2.75) is 32.1 Å². The second kappa shape index (κ2) is 4.97. The molecule has 3 nitrogen and oxygen atoms in total. The summed E-state index contributed by atoms with van der Waals surface area (Å²) in [6.07, 6.45) is 5.74. The molecule has 0 spiro atoms. The van der Waals surface area contributed by atoms with Gasteiger partial charge in [0.2, 0.25) is 0 Å². The summed E-state index contributed by atoms with van der Waals surface area (Å²) < 4.78 is 0. The van der Waals surface area contributed by atoms with Crippen LogP contribution in [-0.2, 0) is 0 Å². The van der Waals surface area contributed by atoms with Gasteiger partial charge in [0.05, 0.1) is 0 Å². The molecule has 0 aromatic rings. The van der Waals surface area contributed by atoms with Crippen LogP contribution < -0.4 is 11.5 Å². The molecule has 1 aliphatic carbocycles. The van der Waals surface area contributed by atoms with Crippen molar-refractivity contribution in [1.29, 1.82) is 5.26 Å². The predicted molar refractivity (Wildman–Crippen MR) is 60.2 cm³/mol. The van der Waals surface area contributed by atoms with Gasteiger partial charge in [-0.25, -0.2) is 0 Å². The Hall–Kier alpha value is -1.08. The first-order valence-corrected chi connectivity index (χ1v) is 5.27. The third-order valence-electron chi connectivity index (χ3n) is 2.69. The fraction of sp³-hybridized carbons (Fsp3) is 0.600. The summed E-state index contributed by atoms with van der Waals surface area (Å²) in [5.74, 6) is 0.305. The van der Waals surface area contributed by atoms with Gasteiger partial charge in [0.15, 0.2) is 0 Å². The molecule has 1 aliphatic rings. The van der Waals surface area contributed by atoms with Crippen molar-refractivity contribution < 1.29 is 0 Å². The Labute approximate surface area is 89.8 Å². The number of allylic oxidation sites excluding steroid dienone is 1. The molecule has 0 saturated heterocycles. The molecule has 0 heterocycles. The molecule has 1 rings (SSSR count). The molecule has 4 N–H and O–H groups in total. The lowest BCUT2D eigenvalue weighted by Gasteiger charge is -2.22. The van der Waals surface area contributed by atoms with E-state index in [0.29, 0.717) is 17.2 Å². The van der Waals surface area contributed by atoms with Crippen molar-refractivity contribution >= 4 is 17.2 Å². The van der Waals surface area contributed by atoms with E-state index in [1.54, 1.807) is 0 Å². The van der Waals surface area contributed by atoms with Crippen LogP contribution in [0.4, 0.5) is 0 Å². The van der Waals surface area contributed by atoms with Gasteiger partial charge in [-0.05, 0) is 18.8 Å². The lowest BCUT2D eigenvalue weighted by Crippen LogP contribution is -2.22. The summed E-state index contributed by atoms with van der Waals surface area (Å²) in [4.78, 5) is 0.121. The largest absolute Gasteiger partial charge is 0.401 e. The lowest BCUT2D eigenvalue weighted by atomic mass is 9.85. The summed E-state index contributed by atoms with van der Waals surface area (Å²) >= 11 is 4.78. The van der Waals surface area contributed by atoms with Crippen LogP contribution in [0, 0.1) is 17.2 Å². The van der Waals surface area contributed by atoms with Crippen LogP contribution in [-0.4, -0.2) is 4.99 Å². The van der Waals surface area contributed by atoms with Gasteiger partial charge in [0, 0.05) is 5.70 Å². The van der Waals surface area contributed by atoms with E-state index < -0.39 is 0 Å². The van der Waals surface area contributed by atoms with E-state index in [0.717, 1.165) is 12.8 Å². The lowest BCUT2D eigenvalue weighted by molar-refractivity contribution is 0.399. The molecule has 0 amide bonds. The Balaban J connectivity index is 2.83. The van der Waals surface area contributed by atoms with Crippen LogP contribution in [0.25, 0.3) is 0 Å². The number of thiocarbonyl (C=S) groups is 1. The van der Waals surface area contributed by atoms with E-state index >= 15 is 0 Å². The first-order valence-electron chi connectivity index (χ1n) is 4.86. The van der Waals surface area contributed by atoms with Crippen LogP contribution in [0.2, 0.25) is 0 Å². The van der Waals surface area contributed by atoms with Crippen LogP contribution in [0.15, 0.2) is 11.3 Å². The topological polar surface area (TPSA) is 75.8 Å². The first-order chi connectivity index (χ1) is 6.66. The summed E-state index contributed by atoms with van der Waals surface area (Å²) in [5.41, 5.74) is 12.2. The molecular weight excluding hydrogens is 194 g/mol. The summed E-state index contributed by atoms with van der Waals surface area (Å²) in [5, 5.41) is 8.84. The van der Waals surface area contributed by atoms with Gasteiger partial charge < -0.3 is 11.5 Å². The fourth-order valence-corrected chi connectivity index (χ4v) is 2.04. The highest BCUT2D eigenvalue weighted by Crippen LogP contribution is 2.28. The number of nitrogens with zero attached hydrogens (tertiary/aromatic N) is 1. The monoisotopic (exact) mass is 209 g/mol. The molecule has 0 unspecified atom stereocenters. The van der Waals surface area contributed by atoms with Crippen molar-refractivity contribution in [2.75, 3.05) is 0 Å². The van der Waals surface area contributed by atoms with E-state index in [1.807, 2.05) is 6.07 Å². The maximum absolute atomic E-state index is 8.84.